The molecule has 7 heteroatoms. The van der Waals surface area contributed by atoms with Gasteiger partial charge in [-0.2, -0.15) is 0 Å². The number of ether oxygens (including phenoxy) is 1. The molecular formula is C30H37N3O4. The van der Waals surface area contributed by atoms with Gasteiger partial charge in [0.15, 0.2) is 0 Å². The molecule has 3 aliphatic heterocycles. The molecule has 2 aromatic carbocycles. The molecule has 3 heterocycles. The number of imide groups is 1. The van der Waals surface area contributed by atoms with Crippen LogP contribution >= 0.6 is 0 Å². The molecular weight excluding hydrogens is 466 g/mol. The first-order valence-electron chi connectivity index (χ1n) is 13.4. The molecule has 0 bridgehead atoms. The predicted octanol–water partition coefficient (Wildman–Crippen LogP) is 4.28. The fraction of sp³-hybridized carbons (Fsp3) is 0.500. The number of likely N-dealkylation sites (tertiary alicyclic amines) is 1. The minimum absolute atomic E-state index is 0.189. The van der Waals surface area contributed by atoms with E-state index in [1.54, 1.807) is 11.0 Å². The topological polar surface area (TPSA) is 79.0 Å². The number of carbonyl (C=O) groups excluding carboxylic acids is 3. The lowest BCUT2D eigenvalue weighted by molar-refractivity contribution is -0.136. The Morgan fingerprint density at radius 2 is 1.65 bits per heavy atom. The van der Waals surface area contributed by atoms with Crippen LogP contribution in [0.3, 0.4) is 0 Å². The lowest BCUT2D eigenvalue weighted by Gasteiger charge is -2.38. The van der Waals surface area contributed by atoms with Crippen molar-refractivity contribution in [1.82, 2.24) is 15.1 Å². The molecule has 2 aromatic rings. The van der Waals surface area contributed by atoms with Gasteiger partial charge >= 0.3 is 0 Å². The molecule has 0 spiro atoms. The fourth-order valence-corrected chi connectivity index (χ4v) is 5.81. The summed E-state index contributed by atoms with van der Waals surface area (Å²) >= 11 is 0. The van der Waals surface area contributed by atoms with Gasteiger partial charge in [0.2, 0.25) is 11.8 Å². The van der Waals surface area contributed by atoms with Crippen molar-refractivity contribution in [3.8, 4) is 5.75 Å². The average Bonchev–Trinajstić information content (AvgIpc) is 3.20. The molecule has 3 aliphatic rings. The van der Waals surface area contributed by atoms with Crippen LogP contribution in [0.2, 0.25) is 0 Å². The number of hydrogen-bond acceptors (Lipinski definition) is 5. The summed E-state index contributed by atoms with van der Waals surface area (Å²) in [6.07, 6.45) is 3.12. The third-order valence-electron chi connectivity index (χ3n) is 8.17. The van der Waals surface area contributed by atoms with Gasteiger partial charge in [-0.25, -0.2) is 0 Å². The molecule has 5 rings (SSSR count). The van der Waals surface area contributed by atoms with Gasteiger partial charge in [0.1, 0.15) is 18.4 Å². The number of piperidine rings is 2. The Balaban J connectivity index is 1.17. The third-order valence-corrected chi connectivity index (χ3v) is 8.17. The molecule has 2 saturated heterocycles. The molecule has 0 aliphatic carbocycles. The quantitative estimate of drug-likeness (QED) is 0.595. The monoisotopic (exact) mass is 503 g/mol. The van der Waals surface area contributed by atoms with Crippen LogP contribution in [0, 0.1) is 11.3 Å². The number of amides is 3. The van der Waals surface area contributed by atoms with Crippen LogP contribution in [0.5, 0.6) is 5.75 Å². The first-order valence-corrected chi connectivity index (χ1v) is 13.4. The third kappa shape index (κ3) is 5.57. The van der Waals surface area contributed by atoms with E-state index in [1.807, 2.05) is 12.1 Å². The van der Waals surface area contributed by atoms with Crippen molar-refractivity contribution >= 4 is 17.7 Å². The van der Waals surface area contributed by atoms with Crippen LogP contribution in [-0.2, 0) is 29.3 Å². The van der Waals surface area contributed by atoms with Gasteiger partial charge in [0, 0.05) is 24.1 Å². The molecule has 196 valence electrons. The highest BCUT2D eigenvalue weighted by Crippen LogP contribution is 2.35. The zero-order valence-corrected chi connectivity index (χ0v) is 22.1. The highest BCUT2D eigenvalue weighted by atomic mass is 16.5. The molecule has 1 atom stereocenters. The number of hydrogen-bond donors (Lipinski definition) is 1. The Morgan fingerprint density at radius 3 is 2.32 bits per heavy atom. The normalized spacial score (nSPS) is 21.2. The SMILES string of the molecule is CC(C)(C)C1CCN(Cc2ccc(COc3cccc4c3CN(C3CCC(=O)NC3=O)C4=O)cc2)CC1. The number of benzene rings is 2. The summed E-state index contributed by atoms with van der Waals surface area (Å²) in [6, 6.07) is 13.4. The second-order valence-electron chi connectivity index (χ2n) is 11.7. The smallest absolute Gasteiger partial charge is 0.255 e. The minimum atomic E-state index is -0.628. The van der Waals surface area contributed by atoms with Crippen molar-refractivity contribution in [2.24, 2.45) is 11.3 Å². The Kier molecular flexibility index (Phi) is 7.08. The summed E-state index contributed by atoms with van der Waals surface area (Å²) in [5, 5.41) is 2.35. The van der Waals surface area contributed by atoms with E-state index in [2.05, 4.69) is 55.3 Å². The number of carbonyl (C=O) groups is 3. The molecule has 37 heavy (non-hydrogen) atoms. The van der Waals surface area contributed by atoms with Crippen molar-refractivity contribution in [2.75, 3.05) is 13.1 Å². The van der Waals surface area contributed by atoms with E-state index in [0.29, 0.717) is 36.3 Å². The van der Waals surface area contributed by atoms with Crippen molar-refractivity contribution in [2.45, 2.75) is 72.2 Å². The largest absolute Gasteiger partial charge is 0.489 e. The summed E-state index contributed by atoms with van der Waals surface area (Å²) in [4.78, 5) is 41.0. The molecule has 2 fully saturated rings. The van der Waals surface area contributed by atoms with Gasteiger partial charge in [-0.15, -0.1) is 0 Å². The van der Waals surface area contributed by atoms with Gasteiger partial charge in [-0.05, 0) is 66.9 Å². The van der Waals surface area contributed by atoms with Crippen LogP contribution in [0.4, 0.5) is 0 Å². The highest BCUT2D eigenvalue weighted by Gasteiger charge is 2.40. The van der Waals surface area contributed by atoms with Crippen LogP contribution in [0.1, 0.15) is 73.5 Å². The standard InChI is InChI=1S/C30H37N3O4/c1-30(2,3)22-13-15-32(16-14-22)17-20-7-9-21(10-8-20)19-37-26-6-4-5-23-24(26)18-33(29(23)36)25-11-12-27(34)31-28(25)35/h4-10,22,25H,11-19H2,1-3H3,(H,31,34,35). The number of fused-ring (bicyclic) bond motifs is 1. The second kappa shape index (κ2) is 10.3. The zero-order valence-electron chi connectivity index (χ0n) is 22.1. The van der Waals surface area contributed by atoms with Crippen LogP contribution in [-0.4, -0.2) is 46.7 Å². The molecule has 0 aromatic heterocycles. The average molecular weight is 504 g/mol. The Bertz CT molecular complexity index is 1180. The summed E-state index contributed by atoms with van der Waals surface area (Å²) in [6.45, 7) is 11.0. The molecule has 0 radical (unpaired) electrons. The molecule has 0 saturated carbocycles. The highest BCUT2D eigenvalue weighted by molar-refractivity contribution is 6.05. The van der Waals surface area contributed by atoms with Gasteiger partial charge in [0.05, 0.1) is 6.54 Å². The summed E-state index contributed by atoms with van der Waals surface area (Å²) in [5.41, 5.74) is 4.13. The maximum absolute atomic E-state index is 13.0. The summed E-state index contributed by atoms with van der Waals surface area (Å²) in [5.74, 6) is 0.579. The zero-order chi connectivity index (χ0) is 26.2. The Morgan fingerprint density at radius 1 is 0.946 bits per heavy atom. The molecule has 1 N–H and O–H groups in total. The van der Waals surface area contributed by atoms with Gasteiger partial charge in [0.25, 0.3) is 5.91 Å². The first-order chi connectivity index (χ1) is 17.7. The fourth-order valence-electron chi connectivity index (χ4n) is 5.81. The summed E-state index contributed by atoms with van der Waals surface area (Å²) < 4.78 is 6.15. The maximum atomic E-state index is 13.0. The van der Waals surface area contributed by atoms with Crippen molar-refractivity contribution in [1.29, 1.82) is 0 Å². The number of nitrogens with zero attached hydrogens (tertiary/aromatic N) is 2. The van der Waals surface area contributed by atoms with E-state index in [9.17, 15) is 14.4 Å². The van der Waals surface area contributed by atoms with Crippen molar-refractivity contribution in [3.05, 3.63) is 64.7 Å². The van der Waals surface area contributed by atoms with E-state index in [-0.39, 0.29) is 18.2 Å². The van der Waals surface area contributed by atoms with E-state index in [0.717, 1.165) is 36.7 Å². The van der Waals surface area contributed by atoms with Gasteiger partial charge in [-0.1, -0.05) is 51.1 Å². The van der Waals surface area contributed by atoms with Gasteiger partial charge < -0.3 is 9.64 Å². The molecule has 1 unspecified atom stereocenters. The van der Waals surface area contributed by atoms with E-state index in [4.69, 9.17) is 4.74 Å². The minimum Gasteiger partial charge on any atom is -0.489 e. The van der Waals surface area contributed by atoms with Gasteiger partial charge in [-0.3, -0.25) is 24.6 Å². The van der Waals surface area contributed by atoms with Crippen LogP contribution in [0.15, 0.2) is 42.5 Å². The maximum Gasteiger partial charge on any atom is 0.255 e. The van der Waals surface area contributed by atoms with E-state index >= 15 is 0 Å². The second-order valence-corrected chi connectivity index (χ2v) is 11.7. The first kappa shape index (κ1) is 25.5. The number of rotatable bonds is 6. The van der Waals surface area contributed by atoms with Crippen LogP contribution < -0.4 is 10.1 Å². The molecule has 7 nitrogen and oxygen atoms in total. The predicted molar refractivity (Wildman–Crippen MR) is 141 cm³/mol. The van der Waals surface area contributed by atoms with Crippen LogP contribution in [0.25, 0.3) is 0 Å². The number of nitrogens with one attached hydrogen (secondary N) is 1. The van der Waals surface area contributed by atoms with E-state index in [1.165, 1.54) is 18.4 Å². The van der Waals surface area contributed by atoms with E-state index < -0.39 is 11.9 Å². The lowest BCUT2D eigenvalue weighted by atomic mass is 9.75. The summed E-state index contributed by atoms with van der Waals surface area (Å²) in [7, 11) is 0. The molecule has 3 amide bonds. The Hall–Kier alpha value is -3.19. The van der Waals surface area contributed by atoms with Crippen molar-refractivity contribution in [3.63, 3.8) is 0 Å². The van der Waals surface area contributed by atoms with Crippen molar-refractivity contribution < 1.29 is 19.1 Å². The lowest BCUT2D eigenvalue weighted by Crippen LogP contribution is -2.52. The Labute approximate surface area is 219 Å².